The van der Waals surface area contributed by atoms with Crippen molar-refractivity contribution in [2.75, 3.05) is 33.0 Å². The molecule has 0 aromatic heterocycles. The number of carbonyl (C=O) groups is 1. The normalized spacial score (nSPS) is 24.6. The molecule has 77 heavy (non-hydrogen) atoms. The molecular weight excluding hydrogens is 981 g/mol. The molecule has 0 aromatic carbocycles. The number of aliphatic hydroxyl groups excluding tert-OH is 7. The maximum absolute atomic E-state index is 13.1. The molecule has 14 nitrogen and oxygen atoms in total. The minimum Gasteiger partial charge on any atom is -0.457 e. The molecule has 450 valence electrons. The Morgan fingerprint density at radius 2 is 0.844 bits per heavy atom. The predicted molar refractivity (Wildman–Crippen MR) is 307 cm³/mol. The Labute approximate surface area is 467 Å². The van der Waals surface area contributed by atoms with Gasteiger partial charge in [0.2, 0.25) is 0 Å². The Bertz CT molecular complexity index is 1460. The molecule has 0 amide bonds. The van der Waals surface area contributed by atoms with E-state index in [1.807, 2.05) is 0 Å². The zero-order valence-electron chi connectivity index (χ0n) is 48.4. The van der Waals surface area contributed by atoms with Gasteiger partial charge in [0.05, 0.1) is 26.4 Å². The van der Waals surface area contributed by atoms with E-state index in [-0.39, 0.29) is 25.6 Å². The summed E-state index contributed by atoms with van der Waals surface area (Å²) in [7, 11) is 0. The van der Waals surface area contributed by atoms with E-state index in [0.717, 1.165) is 64.2 Å². The Hall–Kier alpha value is -2.05. The summed E-state index contributed by atoms with van der Waals surface area (Å²) in [6, 6.07) is 0. The van der Waals surface area contributed by atoms with Crippen LogP contribution in [0.1, 0.15) is 245 Å². The minimum absolute atomic E-state index is 0.0570. The molecule has 0 spiro atoms. The van der Waals surface area contributed by atoms with Gasteiger partial charge in [-0.1, -0.05) is 217 Å². The summed E-state index contributed by atoms with van der Waals surface area (Å²) in [5, 5.41) is 72.4. The van der Waals surface area contributed by atoms with E-state index < -0.39 is 80.7 Å². The summed E-state index contributed by atoms with van der Waals surface area (Å²) in [5.41, 5.74) is 0. The van der Waals surface area contributed by atoms with E-state index in [1.54, 1.807) is 0 Å². The van der Waals surface area contributed by atoms with Crippen molar-refractivity contribution in [1.82, 2.24) is 0 Å². The first-order valence-corrected chi connectivity index (χ1v) is 31.2. The van der Waals surface area contributed by atoms with Crippen molar-refractivity contribution in [3.8, 4) is 0 Å². The number of carbonyl (C=O) groups excluding carboxylic acids is 1. The van der Waals surface area contributed by atoms with Crippen molar-refractivity contribution in [3.05, 3.63) is 48.6 Å². The lowest BCUT2D eigenvalue weighted by Gasteiger charge is -2.42. The van der Waals surface area contributed by atoms with Crippen molar-refractivity contribution in [2.45, 2.75) is 313 Å². The van der Waals surface area contributed by atoms with Gasteiger partial charge < -0.3 is 64.2 Å². The topological polar surface area (TPSA) is 214 Å². The number of unbranched alkanes of at least 4 members (excludes halogenated alkanes) is 29. The third-order valence-electron chi connectivity index (χ3n) is 14.8. The Balaban J connectivity index is 1.67. The molecule has 2 fully saturated rings. The fourth-order valence-corrected chi connectivity index (χ4v) is 9.83. The Morgan fingerprint density at radius 3 is 1.34 bits per heavy atom. The van der Waals surface area contributed by atoms with Crippen LogP contribution >= 0.6 is 0 Å². The molecule has 11 unspecified atom stereocenters. The first-order chi connectivity index (χ1) is 37.6. The van der Waals surface area contributed by atoms with Crippen molar-refractivity contribution >= 4 is 5.97 Å². The zero-order chi connectivity index (χ0) is 55.8. The maximum Gasteiger partial charge on any atom is 0.306 e. The van der Waals surface area contributed by atoms with Crippen LogP contribution in [0.5, 0.6) is 0 Å². The molecule has 2 saturated heterocycles. The molecule has 0 aromatic rings. The average molecular weight is 1100 g/mol. The number of hydrogen-bond acceptors (Lipinski definition) is 14. The van der Waals surface area contributed by atoms with Crippen LogP contribution in [0.4, 0.5) is 0 Å². The summed E-state index contributed by atoms with van der Waals surface area (Å²) in [6.07, 6.45) is 44.6. The van der Waals surface area contributed by atoms with Crippen LogP contribution < -0.4 is 0 Å². The maximum atomic E-state index is 13.1. The molecule has 0 bridgehead atoms. The third kappa shape index (κ3) is 36.1. The van der Waals surface area contributed by atoms with Gasteiger partial charge in [0.15, 0.2) is 12.6 Å². The fourth-order valence-electron chi connectivity index (χ4n) is 9.83. The SMILES string of the molecule is CC/C=C\C/C=C\C/C=C\CCCCCCCCCCOCC(COC1OC(COC2OC(CO)C(O)C(O)C2O)C(O)C(O)C1O)OC(=O)CCCCCCCCCCCCCCC/C=C\CCCCCCCCCC. The third-order valence-corrected chi connectivity index (χ3v) is 14.8. The number of hydrogen-bond donors (Lipinski definition) is 7. The van der Waals surface area contributed by atoms with Crippen LogP contribution in [0.25, 0.3) is 0 Å². The van der Waals surface area contributed by atoms with Gasteiger partial charge in [0.25, 0.3) is 0 Å². The molecule has 2 aliphatic rings. The van der Waals surface area contributed by atoms with E-state index in [4.69, 9.17) is 28.4 Å². The van der Waals surface area contributed by atoms with E-state index in [0.29, 0.717) is 13.0 Å². The molecule has 2 heterocycles. The summed E-state index contributed by atoms with van der Waals surface area (Å²) in [6.45, 7) is 3.60. The van der Waals surface area contributed by atoms with Gasteiger partial charge in [-0.25, -0.2) is 0 Å². The largest absolute Gasteiger partial charge is 0.457 e. The predicted octanol–water partition coefficient (Wildman–Crippen LogP) is 11.9. The second-order valence-corrected chi connectivity index (χ2v) is 21.8. The highest BCUT2D eigenvalue weighted by atomic mass is 16.7. The van der Waals surface area contributed by atoms with Crippen molar-refractivity contribution in [1.29, 1.82) is 0 Å². The molecule has 0 saturated carbocycles. The number of esters is 1. The monoisotopic (exact) mass is 1090 g/mol. The van der Waals surface area contributed by atoms with Gasteiger partial charge in [-0.2, -0.15) is 0 Å². The van der Waals surface area contributed by atoms with E-state index in [1.165, 1.54) is 154 Å². The molecule has 7 N–H and O–H groups in total. The second kappa shape index (κ2) is 49.7. The Morgan fingerprint density at radius 1 is 0.442 bits per heavy atom. The fraction of sp³-hybridized carbons (Fsp3) is 0.857. The molecular formula is C63H114O14. The molecule has 2 rings (SSSR count). The van der Waals surface area contributed by atoms with Gasteiger partial charge in [-0.05, 0) is 70.6 Å². The highest BCUT2D eigenvalue weighted by Crippen LogP contribution is 2.27. The average Bonchev–Trinajstić information content (AvgIpc) is 3.43. The molecule has 11 atom stereocenters. The lowest BCUT2D eigenvalue weighted by molar-refractivity contribution is -0.332. The van der Waals surface area contributed by atoms with E-state index in [9.17, 15) is 40.5 Å². The number of rotatable bonds is 51. The van der Waals surface area contributed by atoms with Gasteiger partial charge in [0.1, 0.15) is 54.9 Å². The number of aliphatic hydroxyl groups is 7. The number of ether oxygens (including phenoxy) is 6. The molecule has 14 heteroatoms. The quantitative estimate of drug-likeness (QED) is 0.0172. The highest BCUT2D eigenvalue weighted by Gasteiger charge is 2.47. The van der Waals surface area contributed by atoms with Crippen LogP contribution in [0.2, 0.25) is 0 Å². The highest BCUT2D eigenvalue weighted by molar-refractivity contribution is 5.69. The van der Waals surface area contributed by atoms with E-state index in [2.05, 4.69) is 62.5 Å². The lowest BCUT2D eigenvalue weighted by atomic mass is 9.98. The van der Waals surface area contributed by atoms with Gasteiger partial charge in [-0.3, -0.25) is 4.79 Å². The van der Waals surface area contributed by atoms with E-state index >= 15 is 0 Å². The standard InChI is InChI=1S/C63H114O14/c1-3-5-7-9-11-13-15-17-19-21-23-24-25-26-27-28-29-30-32-34-36-38-40-42-44-46-55(65)75-52(49-72-47-45-43-41-39-37-35-33-31-22-20-18-16-14-12-10-8-6-4-2)50-73-62-61(71)59(69)57(67)54(77-62)51-74-63-60(70)58(68)56(66)53(48-64)76-63/h6,8,12,14,18,20-21,23,52-54,56-64,66-71H,3-5,7,9-11,13,15-17,19,22,24-51H2,1-2H3/b8-6-,14-12-,20-18-,23-21-. The molecule has 0 aliphatic carbocycles. The summed E-state index contributed by atoms with van der Waals surface area (Å²) >= 11 is 0. The van der Waals surface area contributed by atoms with Crippen molar-refractivity contribution in [3.63, 3.8) is 0 Å². The summed E-state index contributed by atoms with van der Waals surface area (Å²) in [4.78, 5) is 13.1. The van der Waals surface area contributed by atoms with Crippen molar-refractivity contribution in [2.24, 2.45) is 0 Å². The number of allylic oxidation sites excluding steroid dienone is 8. The second-order valence-electron chi connectivity index (χ2n) is 21.8. The first-order valence-electron chi connectivity index (χ1n) is 31.2. The van der Waals surface area contributed by atoms with Crippen LogP contribution in [-0.4, -0.2) is 142 Å². The van der Waals surface area contributed by atoms with Gasteiger partial charge in [0, 0.05) is 13.0 Å². The lowest BCUT2D eigenvalue weighted by Crippen LogP contribution is -2.61. The minimum atomic E-state index is -1.71. The summed E-state index contributed by atoms with van der Waals surface area (Å²) < 4.78 is 34.4. The Kier molecular flexibility index (Phi) is 45.9. The zero-order valence-corrected chi connectivity index (χ0v) is 48.4. The molecule has 2 aliphatic heterocycles. The first kappa shape index (κ1) is 71.1. The van der Waals surface area contributed by atoms with Crippen LogP contribution in [0, 0.1) is 0 Å². The summed E-state index contributed by atoms with van der Waals surface area (Å²) in [5.74, 6) is -0.377. The van der Waals surface area contributed by atoms with Crippen LogP contribution in [-0.2, 0) is 33.2 Å². The van der Waals surface area contributed by atoms with Crippen LogP contribution in [0.3, 0.4) is 0 Å². The van der Waals surface area contributed by atoms with Gasteiger partial charge in [-0.15, -0.1) is 0 Å². The smallest absolute Gasteiger partial charge is 0.306 e. The van der Waals surface area contributed by atoms with Gasteiger partial charge >= 0.3 is 5.97 Å². The molecule has 0 radical (unpaired) electrons. The van der Waals surface area contributed by atoms with Crippen molar-refractivity contribution < 1.29 is 69.0 Å². The van der Waals surface area contributed by atoms with Crippen LogP contribution in [0.15, 0.2) is 48.6 Å².